The topological polar surface area (TPSA) is 50.4 Å². The molecular weight excluding hydrogens is 391 g/mol. The Hall–Kier alpha value is -1.76. The zero-order chi connectivity index (χ0) is 16.1. The van der Waals surface area contributed by atoms with E-state index in [1.165, 1.54) is 5.56 Å². The number of hydrogen-bond acceptors (Lipinski definition) is 2. The number of rotatable bonds is 4. The molecule has 0 aliphatic rings. The van der Waals surface area contributed by atoms with E-state index in [1.54, 1.807) is 0 Å². The van der Waals surface area contributed by atoms with Crippen LogP contribution in [0.1, 0.15) is 16.7 Å². The summed E-state index contributed by atoms with van der Waals surface area (Å²) in [5, 5.41) is 5.49. The maximum absolute atomic E-state index is 11.9. The third kappa shape index (κ3) is 4.62. The SMILES string of the molecule is Cc1ccc(OCNC(=O)Nc2ccc(I)cc2C)cc1C. The predicted molar refractivity (Wildman–Crippen MR) is 97.5 cm³/mol. The molecule has 0 saturated carbocycles. The fourth-order valence-corrected chi connectivity index (χ4v) is 2.57. The number of nitrogens with one attached hydrogen (secondary N) is 2. The number of carbonyl (C=O) groups is 1. The number of anilines is 1. The number of carbonyl (C=O) groups excluding carboxylic acids is 1. The lowest BCUT2D eigenvalue weighted by atomic mass is 10.1. The number of urea groups is 1. The van der Waals surface area contributed by atoms with Gasteiger partial charge in [-0.1, -0.05) is 6.07 Å². The molecule has 4 nitrogen and oxygen atoms in total. The molecule has 0 fully saturated rings. The molecule has 2 aromatic carbocycles. The second-order valence-corrected chi connectivity index (χ2v) is 6.37. The molecule has 0 atom stereocenters. The van der Waals surface area contributed by atoms with Crippen molar-refractivity contribution in [2.24, 2.45) is 0 Å². The van der Waals surface area contributed by atoms with Gasteiger partial charge in [0.05, 0.1) is 0 Å². The molecule has 116 valence electrons. The standard InChI is InChI=1S/C17H19IN2O2/c1-11-4-6-15(9-12(11)2)22-10-19-17(21)20-16-7-5-14(18)8-13(16)3/h4-9H,10H2,1-3H3,(H2,19,20,21). The number of ether oxygens (including phenoxy) is 1. The number of amides is 2. The normalized spacial score (nSPS) is 10.2. The van der Waals surface area contributed by atoms with Crippen molar-refractivity contribution in [2.75, 3.05) is 12.0 Å². The summed E-state index contributed by atoms with van der Waals surface area (Å²) in [5.41, 5.74) is 4.20. The lowest BCUT2D eigenvalue weighted by Gasteiger charge is -2.12. The highest BCUT2D eigenvalue weighted by Gasteiger charge is 2.04. The minimum atomic E-state index is -0.284. The van der Waals surface area contributed by atoms with Crippen molar-refractivity contribution in [3.05, 3.63) is 56.7 Å². The van der Waals surface area contributed by atoms with Crippen molar-refractivity contribution in [2.45, 2.75) is 20.8 Å². The van der Waals surface area contributed by atoms with E-state index < -0.39 is 0 Å². The highest BCUT2D eigenvalue weighted by molar-refractivity contribution is 14.1. The molecular formula is C17H19IN2O2. The summed E-state index contributed by atoms with van der Waals surface area (Å²) in [6, 6.07) is 11.4. The van der Waals surface area contributed by atoms with Crippen LogP contribution in [-0.2, 0) is 0 Å². The van der Waals surface area contributed by atoms with E-state index in [1.807, 2.05) is 57.2 Å². The van der Waals surface area contributed by atoms with Gasteiger partial charge in [-0.2, -0.15) is 0 Å². The van der Waals surface area contributed by atoms with Crippen LogP contribution >= 0.6 is 22.6 Å². The van der Waals surface area contributed by atoms with Gasteiger partial charge in [-0.25, -0.2) is 4.79 Å². The quantitative estimate of drug-likeness (QED) is 0.581. The fourth-order valence-electron chi connectivity index (χ4n) is 1.92. The molecule has 0 heterocycles. The van der Waals surface area contributed by atoms with Crippen molar-refractivity contribution >= 4 is 34.3 Å². The Morgan fingerprint density at radius 1 is 1.05 bits per heavy atom. The summed E-state index contributed by atoms with van der Waals surface area (Å²) in [5.74, 6) is 0.744. The first kappa shape index (κ1) is 16.6. The van der Waals surface area contributed by atoms with E-state index >= 15 is 0 Å². The highest BCUT2D eigenvalue weighted by Crippen LogP contribution is 2.18. The number of benzene rings is 2. The second kappa shape index (κ2) is 7.49. The van der Waals surface area contributed by atoms with Crippen molar-refractivity contribution in [1.82, 2.24) is 5.32 Å². The maximum Gasteiger partial charge on any atom is 0.321 e. The number of hydrogen-bond donors (Lipinski definition) is 2. The molecule has 2 N–H and O–H groups in total. The first-order chi connectivity index (χ1) is 10.5. The summed E-state index contributed by atoms with van der Waals surface area (Å²) in [4.78, 5) is 11.9. The van der Waals surface area contributed by atoms with E-state index in [9.17, 15) is 4.79 Å². The molecule has 0 radical (unpaired) electrons. The fraction of sp³-hybridized carbons (Fsp3) is 0.235. The lowest BCUT2D eigenvalue weighted by molar-refractivity contribution is 0.234. The Kier molecular flexibility index (Phi) is 5.65. The van der Waals surface area contributed by atoms with Gasteiger partial charge < -0.3 is 15.4 Å². The van der Waals surface area contributed by atoms with Gasteiger partial charge in [-0.3, -0.25) is 0 Å². The minimum absolute atomic E-state index is 0.123. The first-order valence-electron chi connectivity index (χ1n) is 6.97. The van der Waals surface area contributed by atoms with E-state index in [4.69, 9.17) is 4.74 Å². The molecule has 0 unspecified atom stereocenters. The summed E-state index contributed by atoms with van der Waals surface area (Å²) < 4.78 is 6.66. The van der Waals surface area contributed by atoms with Gasteiger partial charge in [-0.15, -0.1) is 0 Å². The molecule has 0 spiro atoms. The number of halogens is 1. The molecule has 22 heavy (non-hydrogen) atoms. The number of aryl methyl sites for hydroxylation is 3. The van der Waals surface area contributed by atoms with Gasteiger partial charge in [0.1, 0.15) is 5.75 Å². The van der Waals surface area contributed by atoms with Crippen molar-refractivity contribution in [3.63, 3.8) is 0 Å². The molecule has 0 bridgehead atoms. The van der Waals surface area contributed by atoms with E-state index in [-0.39, 0.29) is 12.8 Å². The van der Waals surface area contributed by atoms with Crippen LogP contribution in [0.15, 0.2) is 36.4 Å². The van der Waals surface area contributed by atoms with Gasteiger partial charge >= 0.3 is 6.03 Å². The molecule has 0 saturated heterocycles. The van der Waals surface area contributed by atoms with Crippen LogP contribution in [0.5, 0.6) is 5.75 Å². The summed E-state index contributed by atoms with van der Waals surface area (Å²) >= 11 is 2.24. The van der Waals surface area contributed by atoms with Crippen LogP contribution < -0.4 is 15.4 Å². The average Bonchev–Trinajstić information content (AvgIpc) is 2.46. The zero-order valence-electron chi connectivity index (χ0n) is 12.9. The summed E-state index contributed by atoms with van der Waals surface area (Å²) in [6.45, 7) is 6.16. The average molecular weight is 410 g/mol. The molecule has 0 aliphatic heterocycles. The Balaban J connectivity index is 1.83. The first-order valence-corrected chi connectivity index (χ1v) is 8.04. The third-order valence-electron chi connectivity index (χ3n) is 3.39. The molecule has 0 aromatic heterocycles. The largest absolute Gasteiger partial charge is 0.473 e. The smallest absolute Gasteiger partial charge is 0.321 e. The van der Waals surface area contributed by atoms with Gasteiger partial charge in [0.15, 0.2) is 6.73 Å². The van der Waals surface area contributed by atoms with Crippen LogP contribution in [-0.4, -0.2) is 12.8 Å². The predicted octanol–water partition coefficient (Wildman–Crippen LogP) is 4.37. The van der Waals surface area contributed by atoms with Gasteiger partial charge in [0, 0.05) is 9.26 Å². The van der Waals surface area contributed by atoms with Gasteiger partial charge in [0.25, 0.3) is 0 Å². The molecule has 2 rings (SSSR count). The molecule has 2 amide bonds. The van der Waals surface area contributed by atoms with Crippen LogP contribution in [0, 0.1) is 24.3 Å². The Labute approximate surface area is 144 Å². The third-order valence-corrected chi connectivity index (χ3v) is 4.06. The van der Waals surface area contributed by atoms with Crippen LogP contribution in [0.25, 0.3) is 0 Å². The highest BCUT2D eigenvalue weighted by atomic mass is 127. The molecule has 5 heteroatoms. The van der Waals surface area contributed by atoms with E-state index in [0.717, 1.165) is 26.1 Å². The van der Waals surface area contributed by atoms with Crippen molar-refractivity contribution < 1.29 is 9.53 Å². The van der Waals surface area contributed by atoms with Gasteiger partial charge in [-0.05, 0) is 90.4 Å². The Bertz CT molecular complexity index is 686. The van der Waals surface area contributed by atoms with Crippen LogP contribution in [0.4, 0.5) is 10.5 Å². The van der Waals surface area contributed by atoms with Crippen molar-refractivity contribution in [3.8, 4) is 5.75 Å². The summed E-state index contributed by atoms with van der Waals surface area (Å²) in [7, 11) is 0. The minimum Gasteiger partial charge on any atom is -0.473 e. The molecule has 0 aliphatic carbocycles. The molecule has 2 aromatic rings. The Morgan fingerprint density at radius 3 is 2.50 bits per heavy atom. The summed E-state index contributed by atoms with van der Waals surface area (Å²) in [6.07, 6.45) is 0. The zero-order valence-corrected chi connectivity index (χ0v) is 15.0. The lowest BCUT2D eigenvalue weighted by Crippen LogP contribution is -2.32. The van der Waals surface area contributed by atoms with Crippen molar-refractivity contribution in [1.29, 1.82) is 0 Å². The van der Waals surface area contributed by atoms with Crippen LogP contribution in [0.3, 0.4) is 0 Å². The maximum atomic E-state index is 11.9. The Morgan fingerprint density at radius 2 is 1.82 bits per heavy atom. The van der Waals surface area contributed by atoms with Crippen LogP contribution in [0.2, 0.25) is 0 Å². The monoisotopic (exact) mass is 410 g/mol. The second-order valence-electron chi connectivity index (χ2n) is 5.12. The van der Waals surface area contributed by atoms with E-state index in [0.29, 0.717) is 0 Å². The van der Waals surface area contributed by atoms with Gasteiger partial charge in [0.2, 0.25) is 0 Å². The van der Waals surface area contributed by atoms with E-state index in [2.05, 4.69) is 33.2 Å².